The number of sulfonamides is 2. The average Bonchev–Trinajstić information content (AvgIpc) is 3.31. The lowest BCUT2D eigenvalue weighted by Gasteiger charge is -2.22. The predicted molar refractivity (Wildman–Crippen MR) is 141 cm³/mol. The number of aryl methyl sites for hydroxylation is 1. The molecule has 0 aliphatic carbocycles. The molecule has 1 aliphatic rings. The van der Waals surface area contributed by atoms with Gasteiger partial charge < -0.3 is 14.8 Å². The molecule has 2 N–H and O–H groups in total. The van der Waals surface area contributed by atoms with Gasteiger partial charge in [-0.3, -0.25) is 13.8 Å². The third kappa shape index (κ3) is 6.52. The number of ether oxygens (including phenoxy) is 2. The van der Waals surface area contributed by atoms with Gasteiger partial charge in [-0.05, 0) is 61.4 Å². The first-order chi connectivity index (χ1) is 17.5. The summed E-state index contributed by atoms with van der Waals surface area (Å²) in [5.74, 6) is 0.678. The van der Waals surface area contributed by atoms with Crippen molar-refractivity contribution in [2.75, 3.05) is 33.9 Å². The summed E-state index contributed by atoms with van der Waals surface area (Å²) in [7, 11) is -7.38. The summed E-state index contributed by atoms with van der Waals surface area (Å²) >= 11 is 0. The molecule has 0 radical (unpaired) electrons. The monoisotopic (exact) mass is 545 g/mol. The number of amides is 1. The summed E-state index contributed by atoms with van der Waals surface area (Å²) < 4.78 is 64.4. The van der Waals surface area contributed by atoms with E-state index >= 15 is 0 Å². The molecule has 1 heterocycles. The van der Waals surface area contributed by atoms with E-state index in [0.717, 1.165) is 11.8 Å². The number of anilines is 3. The fourth-order valence-corrected chi connectivity index (χ4v) is 5.83. The van der Waals surface area contributed by atoms with E-state index in [2.05, 4.69) is 10.0 Å². The average molecular weight is 546 g/mol. The second-order valence-electron chi connectivity index (χ2n) is 8.47. The van der Waals surface area contributed by atoms with Crippen molar-refractivity contribution in [2.24, 2.45) is 0 Å². The van der Waals surface area contributed by atoms with Gasteiger partial charge in [-0.2, -0.15) is 0 Å². The smallest absolute Gasteiger partial charge is 0.261 e. The Kier molecular flexibility index (Phi) is 7.60. The maximum Gasteiger partial charge on any atom is 0.261 e. The number of para-hydroxylation sites is 1. The SMILES string of the molecule is Cc1ccccc1NS(=O)(=O)c1ccc(NC(=O)CCCN(c2ccc3c(c2)OCO3)S(C)(=O)=O)cc1. The number of hydrogen-bond donors (Lipinski definition) is 2. The molecule has 10 nitrogen and oxygen atoms in total. The fourth-order valence-electron chi connectivity index (χ4n) is 3.74. The molecule has 0 unspecified atom stereocenters. The topological polar surface area (TPSA) is 131 Å². The second kappa shape index (κ2) is 10.7. The van der Waals surface area contributed by atoms with Crippen molar-refractivity contribution in [2.45, 2.75) is 24.7 Å². The fraction of sp³-hybridized carbons (Fsp3) is 0.240. The zero-order valence-electron chi connectivity index (χ0n) is 20.3. The standard InChI is InChI=1S/C25H27N3O7S2/c1-18-6-3-4-7-22(18)27-37(32,33)21-12-9-19(10-13-21)26-25(29)8-5-15-28(36(2,30)31)20-11-14-23-24(16-20)35-17-34-23/h3-4,6-7,9-14,16,27H,5,8,15,17H2,1-2H3,(H,26,29). The Bertz CT molecular complexity index is 1510. The Hall–Kier alpha value is -3.77. The summed E-state index contributed by atoms with van der Waals surface area (Å²) in [6.07, 6.45) is 1.42. The minimum absolute atomic E-state index is 0.0567. The Morgan fingerprint density at radius 2 is 1.65 bits per heavy atom. The molecule has 1 aliphatic heterocycles. The van der Waals surface area contributed by atoms with Crippen molar-refractivity contribution in [3.8, 4) is 11.5 Å². The maximum atomic E-state index is 12.7. The molecular weight excluding hydrogens is 518 g/mol. The van der Waals surface area contributed by atoms with E-state index in [1.54, 1.807) is 43.3 Å². The molecule has 4 rings (SSSR count). The first-order valence-corrected chi connectivity index (χ1v) is 14.7. The van der Waals surface area contributed by atoms with Gasteiger partial charge in [0.2, 0.25) is 22.7 Å². The Morgan fingerprint density at radius 3 is 2.35 bits per heavy atom. The molecule has 196 valence electrons. The zero-order valence-corrected chi connectivity index (χ0v) is 21.9. The molecule has 1 amide bonds. The molecule has 0 spiro atoms. The lowest BCUT2D eigenvalue weighted by Crippen LogP contribution is -2.31. The van der Waals surface area contributed by atoms with Gasteiger partial charge in [0, 0.05) is 24.7 Å². The van der Waals surface area contributed by atoms with Gasteiger partial charge >= 0.3 is 0 Å². The summed E-state index contributed by atoms with van der Waals surface area (Å²) in [6.45, 7) is 1.97. The van der Waals surface area contributed by atoms with Crippen LogP contribution in [0.2, 0.25) is 0 Å². The summed E-state index contributed by atoms with van der Waals surface area (Å²) in [5.41, 5.74) is 2.13. The largest absolute Gasteiger partial charge is 0.454 e. The second-order valence-corrected chi connectivity index (χ2v) is 12.1. The first kappa shape index (κ1) is 26.3. The highest BCUT2D eigenvalue weighted by molar-refractivity contribution is 7.92. The summed E-state index contributed by atoms with van der Waals surface area (Å²) in [6, 6.07) is 17.7. The number of nitrogens with one attached hydrogen (secondary N) is 2. The highest BCUT2D eigenvalue weighted by Crippen LogP contribution is 2.36. The minimum Gasteiger partial charge on any atom is -0.454 e. The van der Waals surface area contributed by atoms with Crippen LogP contribution in [0.15, 0.2) is 71.6 Å². The van der Waals surface area contributed by atoms with E-state index in [-0.39, 0.29) is 37.0 Å². The van der Waals surface area contributed by atoms with Gasteiger partial charge in [0.1, 0.15) is 0 Å². The van der Waals surface area contributed by atoms with Crippen molar-refractivity contribution in [3.63, 3.8) is 0 Å². The van der Waals surface area contributed by atoms with Crippen LogP contribution in [0.1, 0.15) is 18.4 Å². The van der Waals surface area contributed by atoms with Crippen molar-refractivity contribution in [1.29, 1.82) is 0 Å². The van der Waals surface area contributed by atoms with Gasteiger partial charge in [-0.15, -0.1) is 0 Å². The lowest BCUT2D eigenvalue weighted by molar-refractivity contribution is -0.116. The van der Waals surface area contributed by atoms with E-state index < -0.39 is 20.0 Å². The van der Waals surface area contributed by atoms with Crippen LogP contribution in [0.3, 0.4) is 0 Å². The van der Waals surface area contributed by atoms with Crippen LogP contribution in [-0.2, 0) is 24.8 Å². The van der Waals surface area contributed by atoms with Crippen LogP contribution < -0.4 is 23.8 Å². The molecule has 3 aromatic carbocycles. The van der Waals surface area contributed by atoms with E-state index in [9.17, 15) is 21.6 Å². The number of rotatable bonds is 10. The lowest BCUT2D eigenvalue weighted by atomic mass is 10.2. The molecule has 3 aromatic rings. The number of hydrogen-bond acceptors (Lipinski definition) is 7. The first-order valence-electron chi connectivity index (χ1n) is 11.4. The van der Waals surface area contributed by atoms with Gasteiger partial charge in [-0.1, -0.05) is 18.2 Å². The number of carbonyl (C=O) groups is 1. The number of nitrogens with zero attached hydrogens (tertiary/aromatic N) is 1. The molecule has 37 heavy (non-hydrogen) atoms. The van der Waals surface area contributed by atoms with Crippen LogP contribution in [-0.4, -0.2) is 42.3 Å². The number of benzene rings is 3. The minimum atomic E-state index is -3.79. The van der Waals surface area contributed by atoms with Gasteiger partial charge in [0.05, 0.1) is 22.5 Å². The highest BCUT2D eigenvalue weighted by Gasteiger charge is 2.22. The van der Waals surface area contributed by atoms with Crippen molar-refractivity contribution in [3.05, 3.63) is 72.3 Å². The Morgan fingerprint density at radius 1 is 0.946 bits per heavy atom. The van der Waals surface area contributed by atoms with Crippen LogP contribution in [0.5, 0.6) is 11.5 Å². The van der Waals surface area contributed by atoms with Crippen LogP contribution in [0.4, 0.5) is 17.1 Å². The molecule has 0 bridgehead atoms. The number of carbonyl (C=O) groups excluding carboxylic acids is 1. The van der Waals surface area contributed by atoms with Crippen LogP contribution in [0, 0.1) is 6.92 Å². The molecule has 0 fully saturated rings. The maximum absolute atomic E-state index is 12.7. The molecule has 0 saturated heterocycles. The number of fused-ring (bicyclic) bond motifs is 1. The van der Waals surface area contributed by atoms with E-state index in [4.69, 9.17) is 9.47 Å². The van der Waals surface area contributed by atoms with Crippen LogP contribution >= 0.6 is 0 Å². The van der Waals surface area contributed by atoms with Crippen molar-refractivity contribution >= 4 is 43.0 Å². The van der Waals surface area contributed by atoms with Crippen LogP contribution in [0.25, 0.3) is 0 Å². The van der Waals surface area contributed by atoms with Gasteiger partial charge in [0.25, 0.3) is 10.0 Å². The van der Waals surface area contributed by atoms with Crippen molar-refractivity contribution < 1.29 is 31.1 Å². The van der Waals surface area contributed by atoms with Gasteiger partial charge in [0.15, 0.2) is 11.5 Å². The summed E-state index contributed by atoms with van der Waals surface area (Å²) in [5, 5.41) is 2.71. The van der Waals surface area contributed by atoms with E-state index in [1.807, 2.05) is 6.07 Å². The molecule has 0 atom stereocenters. The normalized spacial score (nSPS) is 12.7. The third-order valence-corrected chi connectivity index (χ3v) is 8.22. The Balaban J connectivity index is 1.33. The predicted octanol–water partition coefficient (Wildman–Crippen LogP) is 3.71. The van der Waals surface area contributed by atoms with E-state index in [0.29, 0.717) is 28.6 Å². The Labute approximate surface area is 216 Å². The molecular formula is C25H27N3O7S2. The van der Waals surface area contributed by atoms with Gasteiger partial charge in [-0.25, -0.2) is 16.8 Å². The molecule has 0 aromatic heterocycles. The summed E-state index contributed by atoms with van der Waals surface area (Å²) in [4.78, 5) is 12.5. The van der Waals surface area contributed by atoms with Crippen molar-refractivity contribution in [1.82, 2.24) is 0 Å². The van der Waals surface area contributed by atoms with E-state index in [1.165, 1.54) is 28.6 Å². The molecule has 0 saturated carbocycles. The zero-order chi connectivity index (χ0) is 26.6. The third-order valence-electron chi connectivity index (χ3n) is 5.65. The molecule has 12 heteroatoms. The highest BCUT2D eigenvalue weighted by atomic mass is 32.2. The quantitative estimate of drug-likeness (QED) is 0.397.